The zero-order chi connectivity index (χ0) is 23.9. The molecule has 1 aromatic carbocycles. The molecule has 2 N–H and O–H groups in total. The first-order valence-electron chi connectivity index (χ1n) is 10.9. The second kappa shape index (κ2) is 8.22. The standard InChI is InChI=1S/C26H24N6O2/c1-16(2)22-14-27-15-23(30-22)31-24-20(13-29-32(24)3)21-9-6-18(12-28-21)17-4-7-19(8-5-17)26(10-11-26)25(33)34/h4-9,12-15H,1,10-11H2,2-3H3,(H,30,31)(H,33,34). The molecule has 5 rings (SSSR count). The summed E-state index contributed by atoms with van der Waals surface area (Å²) in [5.74, 6) is 0.600. The highest BCUT2D eigenvalue weighted by Gasteiger charge is 2.51. The van der Waals surface area contributed by atoms with Crippen LogP contribution in [0.1, 0.15) is 31.0 Å². The molecule has 1 aliphatic rings. The molecule has 170 valence electrons. The van der Waals surface area contributed by atoms with Crippen molar-refractivity contribution in [2.24, 2.45) is 7.05 Å². The van der Waals surface area contributed by atoms with Crippen molar-refractivity contribution in [2.75, 3.05) is 5.32 Å². The largest absolute Gasteiger partial charge is 0.481 e. The number of nitrogens with one attached hydrogen (secondary N) is 1. The van der Waals surface area contributed by atoms with Gasteiger partial charge in [-0.2, -0.15) is 5.10 Å². The zero-order valence-corrected chi connectivity index (χ0v) is 19.0. The van der Waals surface area contributed by atoms with Crippen LogP contribution in [0.3, 0.4) is 0 Å². The van der Waals surface area contributed by atoms with E-state index in [0.29, 0.717) is 18.7 Å². The van der Waals surface area contributed by atoms with E-state index in [1.165, 1.54) is 0 Å². The van der Waals surface area contributed by atoms with Gasteiger partial charge >= 0.3 is 5.97 Å². The summed E-state index contributed by atoms with van der Waals surface area (Å²) in [7, 11) is 1.85. The summed E-state index contributed by atoms with van der Waals surface area (Å²) in [5, 5.41) is 17.2. The van der Waals surface area contributed by atoms with Gasteiger partial charge in [0.1, 0.15) is 5.82 Å². The van der Waals surface area contributed by atoms with Gasteiger partial charge in [0.2, 0.25) is 0 Å². The summed E-state index contributed by atoms with van der Waals surface area (Å²) >= 11 is 0. The van der Waals surface area contributed by atoms with Crippen LogP contribution in [0.4, 0.5) is 11.6 Å². The number of allylic oxidation sites excluding steroid dienone is 1. The highest BCUT2D eigenvalue weighted by molar-refractivity contribution is 5.85. The van der Waals surface area contributed by atoms with Gasteiger partial charge in [0.15, 0.2) is 5.82 Å². The molecular weight excluding hydrogens is 428 g/mol. The Bertz CT molecular complexity index is 1390. The number of carboxylic acid groups (broad SMARTS) is 1. The Morgan fingerprint density at radius 3 is 2.41 bits per heavy atom. The third-order valence-corrected chi connectivity index (χ3v) is 6.23. The fourth-order valence-corrected chi connectivity index (χ4v) is 3.98. The topological polar surface area (TPSA) is 106 Å². The smallest absolute Gasteiger partial charge is 0.314 e. The lowest BCUT2D eigenvalue weighted by molar-refractivity contribution is -0.140. The second-order valence-corrected chi connectivity index (χ2v) is 8.62. The molecule has 4 aromatic rings. The first-order chi connectivity index (χ1) is 16.4. The Kier molecular flexibility index (Phi) is 5.20. The van der Waals surface area contributed by atoms with E-state index in [0.717, 1.165) is 45.0 Å². The number of pyridine rings is 1. The molecular formula is C26H24N6O2. The van der Waals surface area contributed by atoms with Crippen molar-refractivity contribution in [3.05, 3.63) is 79.0 Å². The van der Waals surface area contributed by atoms with E-state index < -0.39 is 11.4 Å². The normalized spacial score (nSPS) is 13.9. The maximum absolute atomic E-state index is 11.6. The summed E-state index contributed by atoms with van der Waals surface area (Å²) in [4.78, 5) is 25.0. The first kappa shape index (κ1) is 21.5. The number of hydrogen-bond donors (Lipinski definition) is 2. The van der Waals surface area contributed by atoms with Crippen LogP contribution in [-0.2, 0) is 17.3 Å². The summed E-state index contributed by atoms with van der Waals surface area (Å²) in [6, 6.07) is 11.7. The fourth-order valence-electron chi connectivity index (χ4n) is 3.98. The van der Waals surface area contributed by atoms with E-state index in [2.05, 4.69) is 31.9 Å². The molecule has 0 atom stereocenters. The third kappa shape index (κ3) is 3.83. The molecule has 0 saturated heterocycles. The highest BCUT2D eigenvalue weighted by Crippen LogP contribution is 2.48. The highest BCUT2D eigenvalue weighted by atomic mass is 16.4. The van der Waals surface area contributed by atoms with Crippen LogP contribution < -0.4 is 5.32 Å². The average molecular weight is 453 g/mol. The van der Waals surface area contributed by atoms with Crippen molar-refractivity contribution >= 4 is 23.2 Å². The van der Waals surface area contributed by atoms with E-state index >= 15 is 0 Å². The van der Waals surface area contributed by atoms with Crippen molar-refractivity contribution in [3.63, 3.8) is 0 Å². The number of rotatable bonds is 7. The van der Waals surface area contributed by atoms with Crippen LogP contribution in [0.5, 0.6) is 0 Å². The first-order valence-corrected chi connectivity index (χ1v) is 10.9. The van der Waals surface area contributed by atoms with Gasteiger partial charge in [-0.3, -0.25) is 19.4 Å². The lowest BCUT2D eigenvalue weighted by atomic mass is 9.94. The van der Waals surface area contributed by atoms with Crippen molar-refractivity contribution in [2.45, 2.75) is 25.2 Å². The number of nitrogens with zero attached hydrogens (tertiary/aromatic N) is 5. The summed E-state index contributed by atoms with van der Waals surface area (Å²) < 4.78 is 1.73. The molecule has 0 bridgehead atoms. The summed E-state index contributed by atoms with van der Waals surface area (Å²) in [5.41, 5.74) is 5.26. The number of aliphatic carboxylic acids is 1. The molecule has 8 heteroatoms. The molecule has 8 nitrogen and oxygen atoms in total. The monoisotopic (exact) mass is 452 g/mol. The van der Waals surface area contributed by atoms with E-state index in [9.17, 15) is 9.90 Å². The minimum Gasteiger partial charge on any atom is -0.481 e. The maximum Gasteiger partial charge on any atom is 0.314 e. The van der Waals surface area contributed by atoms with Gasteiger partial charge in [-0.05, 0) is 42.5 Å². The Labute approximate surface area is 197 Å². The van der Waals surface area contributed by atoms with Gasteiger partial charge in [-0.15, -0.1) is 0 Å². The minimum atomic E-state index is -0.746. The van der Waals surface area contributed by atoms with E-state index in [1.54, 1.807) is 23.3 Å². The van der Waals surface area contributed by atoms with Crippen LogP contribution in [0.15, 0.2) is 67.8 Å². The van der Waals surface area contributed by atoms with E-state index in [4.69, 9.17) is 0 Å². The van der Waals surface area contributed by atoms with Crippen LogP contribution >= 0.6 is 0 Å². The van der Waals surface area contributed by atoms with Gasteiger partial charge in [0.05, 0.1) is 41.0 Å². The van der Waals surface area contributed by atoms with Gasteiger partial charge < -0.3 is 10.4 Å². The van der Waals surface area contributed by atoms with Crippen LogP contribution in [0, 0.1) is 0 Å². The molecule has 0 spiro atoms. The Hall–Kier alpha value is -4.33. The fraction of sp³-hybridized carbons (Fsp3) is 0.192. The molecule has 0 radical (unpaired) electrons. The lowest BCUT2D eigenvalue weighted by Crippen LogP contribution is -2.19. The molecule has 1 aliphatic carbocycles. The Morgan fingerprint density at radius 2 is 1.79 bits per heavy atom. The molecule has 34 heavy (non-hydrogen) atoms. The molecule has 1 saturated carbocycles. The number of aryl methyl sites for hydroxylation is 1. The predicted molar refractivity (Wildman–Crippen MR) is 130 cm³/mol. The summed E-state index contributed by atoms with van der Waals surface area (Å²) in [6.07, 6.45) is 8.30. The van der Waals surface area contributed by atoms with E-state index in [-0.39, 0.29) is 0 Å². The minimum absolute atomic E-state index is 0.594. The van der Waals surface area contributed by atoms with Gasteiger partial charge in [0, 0.05) is 18.8 Å². The van der Waals surface area contributed by atoms with Gasteiger partial charge in [-0.1, -0.05) is 36.9 Å². The van der Waals surface area contributed by atoms with Crippen LogP contribution in [-0.4, -0.2) is 35.8 Å². The number of carboxylic acids is 1. The molecule has 1 fully saturated rings. The van der Waals surface area contributed by atoms with Crippen LogP contribution in [0.25, 0.3) is 28.0 Å². The predicted octanol–water partition coefficient (Wildman–Crippen LogP) is 4.83. The molecule has 3 aromatic heterocycles. The number of hydrogen-bond acceptors (Lipinski definition) is 6. The lowest BCUT2D eigenvalue weighted by Gasteiger charge is -2.11. The van der Waals surface area contributed by atoms with Crippen molar-refractivity contribution in [1.29, 1.82) is 0 Å². The molecule has 3 heterocycles. The Balaban J connectivity index is 1.39. The Morgan fingerprint density at radius 1 is 1.06 bits per heavy atom. The van der Waals surface area contributed by atoms with Crippen LogP contribution in [0.2, 0.25) is 0 Å². The number of anilines is 2. The second-order valence-electron chi connectivity index (χ2n) is 8.62. The average Bonchev–Trinajstić information content (AvgIpc) is 3.59. The van der Waals surface area contributed by atoms with E-state index in [1.807, 2.05) is 56.6 Å². The van der Waals surface area contributed by atoms with Crippen molar-refractivity contribution in [3.8, 4) is 22.4 Å². The van der Waals surface area contributed by atoms with Crippen molar-refractivity contribution < 1.29 is 9.90 Å². The SMILES string of the molecule is C=C(C)c1cncc(Nc2c(-c3ccc(-c4ccc(C5(C(=O)O)CC5)cc4)cn3)cnn2C)n1. The number of aromatic nitrogens is 5. The summed E-state index contributed by atoms with van der Waals surface area (Å²) in [6.45, 7) is 5.81. The molecule has 0 unspecified atom stereocenters. The van der Waals surface area contributed by atoms with Gasteiger partial charge in [-0.25, -0.2) is 4.98 Å². The number of benzene rings is 1. The quantitative estimate of drug-likeness (QED) is 0.414. The maximum atomic E-state index is 11.6. The number of carbonyl (C=O) groups is 1. The third-order valence-electron chi connectivity index (χ3n) is 6.23. The molecule has 0 aliphatic heterocycles. The molecule has 0 amide bonds. The zero-order valence-electron chi connectivity index (χ0n) is 19.0. The van der Waals surface area contributed by atoms with Gasteiger partial charge in [0.25, 0.3) is 0 Å². The van der Waals surface area contributed by atoms with Crippen molar-refractivity contribution in [1.82, 2.24) is 24.7 Å².